The van der Waals surface area contributed by atoms with Crippen LogP contribution in [0.5, 0.6) is 0 Å². The Hall–Kier alpha value is -1.39. The lowest BCUT2D eigenvalue weighted by atomic mass is 10.2. The maximum absolute atomic E-state index is 12.9. The Morgan fingerprint density at radius 2 is 2.25 bits per heavy atom. The van der Waals surface area contributed by atoms with Crippen LogP contribution in [0.3, 0.4) is 0 Å². The first-order chi connectivity index (χ1) is 7.70. The zero-order valence-corrected chi connectivity index (χ0v) is 9.03. The van der Waals surface area contributed by atoms with Gasteiger partial charge in [-0.3, -0.25) is 0 Å². The molecule has 0 spiro atoms. The number of aliphatic hydroxyl groups is 1. The second-order valence-corrected chi connectivity index (χ2v) is 3.65. The lowest BCUT2D eigenvalue weighted by molar-refractivity contribution is 0.150. The summed E-state index contributed by atoms with van der Waals surface area (Å²) in [7, 11) is 0. The second kappa shape index (κ2) is 4.63. The van der Waals surface area contributed by atoms with Gasteiger partial charge in [0.05, 0.1) is 0 Å². The van der Waals surface area contributed by atoms with Crippen molar-refractivity contribution in [3.63, 3.8) is 0 Å². The molecule has 16 heavy (non-hydrogen) atoms. The van der Waals surface area contributed by atoms with Crippen LogP contribution in [-0.4, -0.2) is 18.2 Å². The van der Waals surface area contributed by atoms with Crippen LogP contribution in [-0.2, 0) is 0 Å². The Morgan fingerprint density at radius 1 is 1.44 bits per heavy atom. The number of likely N-dealkylation sites (N-methyl/N-ethyl adjacent to an activating group) is 1. The third-order valence-corrected chi connectivity index (χ3v) is 2.41. The van der Waals surface area contributed by atoms with Gasteiger partial charge in [0.1, 0.15) is 23.3 Å². The highest BCUT2D eigenvalue weighted by Gasteiger charge is 2.12. The number of fused-ring (bicyclic) bond motifs is 1. The minimum Gasteiger partial charge on any atom is -0.458 e. The van der Waals surface area contributed by atoms with Crippen molar-refractivity contribution >= 4 is 11.0 Å². The fourth-order valence-electron chi connectivity index (χ4n) is 1.58. The summed E-state index contributed by atoms with van der Waals surface area (Å²) in [5.41, 5.74) is 0.590. The molecule has 2 N–H and O–H groups in total. The minimum atomic E-state index is -0.699. The number of aliphatic hydroxyl groups excluding tert-OH is 1. The Balaban J connectivity index is 2.25. The standard InChI is InChI=1S/C12H14FNO2/c1-2-14-7-10(15)12-6-8-5-9(13)3-4-11(8)16-12/h3-6,10,14-15H,2,7H2,1H3. The average molecular weight is 223 g/mol. The zero-order valence-electron chi connectivity index (χ0n) is 9.03. The van der Waals surface area contributed by atoms with Gasteiger partial charge in [-0.05, 0) is 30.8 Å². The van der Waals surface area contributed by atoms with Gasteiger partial charge in [0.2, 0.25) is 0 Å². The molecule has 1 unspecified atom stereocenters. The summed E-state index contributed by atoms with van der Waals surface area (Å²) in [6, 6.07) is 5.96. The molecule has 1 aromatic carbocycles. The van der Waals surface area contributed by atoms with Gasteiger partial charge in [-0.1, -0.05) is 6.92 Å². The van der Waals surface area contributed by atoms with Crippen LogP contribution >= 0.6 is 0 Å². The van der Waals surface area contributed by atoms with Gasteiger partial charge in [0.25, 0.3) is 0 Å². The van der Waals surface area contributed by atoms with E-state index in [1.165, 1.54) is 12.1 Å². The minimum absolute atomic E-state index is 0.305. The van der Waals surface area contributed by atoms with Crippen LogP contribution in [0.15, 0.2) is 28.7 Å². The smallest absolute Gasteiger partial charge is 0.135 e. The lowest BCUT2D eigenvalue weighted by Gasteiger charge is -2.06. The van der Waals surface area contributed by atoms with Crippen LogP contribution in [0, 0.1) is 5.82 Å². The molecule has 0 aliphatic heterocycles. The number of hydrogen-bond acceptors (Lipinski definition) is 3. The highest BCUT2D eigenvalue weighted by Crippen LogP contribution is 2.24. The van der Waals surface area contributed by atoms with E-state index in [1.807, 2.05) is 6.92 Å². The van der Waals surface area contributed by atoms with E-state index in [0.29, 0.717) is 23.3 Å². The molecule has 0 fully saturated rings. The lowest BCUT2D eigenvalue weighted by Crippen LogP contribution is -2.20. The van der Waals surface area contributed by atoms with Crippen molar-refractivity contribution in [1.82, 2.24) is 5.32 Å². The Kier molecular flexibility index (Phi) is 3.22. The van der Waals surface area contributed by atoms with Crippen molar-refractivity contribution in [2.45, 2.75) is 13.0 Å². The molecule has 1 heterocycles. The summed E-state index contributed by atoms with van der Waals surface area (Å²) < 4.78 is 18.4. The SMILES string of the molecule is CCNCC(O)c1cc2cc(F)ccc2o1. The predicted molar refractivity (Wildman–Crippen MR) is 59.7 cm³/mol. The molecule has 0 saturated heterocycles. The Morgan fingerprint density at radius 3 is 3.00 bits per heavy atom. The summed E-state index contributed by atoms with van der Waals surface area (Å²) in [4.78, 5) is 0. The van der Waals surface area contributed by atoms with Crippen LogP contribution in [0.1, 0.15) is 18.8 Å². The molecule has 3 nitrogen and oxygen atoms in total. The van der Waals surface area contributed by atoms with E-state index in [9.17, 15) is 9.50 Å². The topological polar surface area (TPSA) is 45.4 Å². The van der Waals surface area contributed by atoms with Crippen molar-refractivity contribution in [2.24, 2.45) is 0 Å². The molecule has 0 aliphatic rings. The fourth-order valence-corrected chi connectivity index (χ4v) is 1.58. The van der Waals surface area contributed by atoms with Gasteiger partial charge in [0.15, 0.2) is 0 Å². The number of benzene rings is 1. The van der Waals surface area contributed by atoms with Crippen molar-refractivity contribution < 1.29 is 13.9 Å². The molecule has 1 atom stereocenters. The predicted octanol–water partition coefficient (Wildman–Crippen LogP) is 2.21. The third kappa shape index (κ3) is 2.23. The van der Waals surface area contributed by atoms with E-state index < -0.39 is 6.10 Å². The van der Waals surface area contributed by atoms with Crippen molar-refractivity contribution in [2.75, 3.05) is 13.1 Å². The monoisotopic (exact) mass is 223 g/mol. The van der Waals surface area contributed by atoms with Gasteiger partial charge in [-0.25, -0.2) is 4.39 Å². The molecule has 0 aliphatic carbocycles. The summed E-state index contributed by atoms with van der Waals surface area (Å²) in [6.45, 7) is 3.17. The molecule has 86 valence electrons. The number of halogens is 1. The first-order valence-electron chi connectivity index (χ1n) is 5.28. The van der Waals surface area contributed by atoms with E-state index in [1.54, 1.807) is 12.1 Å². The highest BCUT2D eigenvalue weighted by atomic mass is 19.1. The number of hydrogen-bond donors (Lipinski definition) is 2. The molecule has 1 aromatic heterocycles. The van der Waals surface area contributed by atoms with Crippen LogP contribution < -0.4 is 5.32 Å². The highest BCUT2D eigenvalue weighted by molar-refractivity contribution is 5.77. The number of furan rings is 1. The van der Waals surface area contributed by atoms with E-state index in [2.05, 4.69) is 5.32 Å². The maximum Gasteiger partial charge on any atom is 0.135 e. The normalized spacial score (nSPS) is 13.2. The van der Waals surface area contributed by atoms with E-state index in [-0.39, 0.29) is 5.82 Å². The van der Waals surface area contributed by atoms with E-state index in [4.69, 9.17) is 4.42 Å². The first kappa shape index (κ1) is 11.1. The van der Waals surface area contributed by atoms with Crippen LogP contribution in [0.2, 0.25) is 0 Å². The average Bonchev–Trinajstić information content (AvgIpc) is 2.68. The van der Waals surface area contributed by atoms with E-state index in [0.717, 1.165) is 6.54 Å². The molecule has 2 aromatic rings. The molecule has 2 rings (SSSR count). The summed E-state index contributed by atoms with van der Waals surface area (Å²) in [6.07, 6.45) is -0.699. The van der Waals surface area contributed by atoms with Crippen LogP contribution in [0.4, 0.5) is 4.39 Å². The van der Waals surface area contributed by atoms with Gasteiger partial charge < -0.3 is 14.8 Å². The van der Waals surface area contributed by atoms with Crippen LogP contribution in [0.25, 0.3) is 11.0 Å². The quantitative estimate of drug-likeness (QED) is 0.835. The molecule has 0 radical (unpaired) electrons. The zero-order chi connectivity index (χ0) is 11.5. The molecular weight excluding hydrogens is 209 g/mol. The van der Waals surface area contributed by atoms with Crippen molar-refractivity contribution in [3.8, 4) is 0 Å². The fraction of sp³-hybridized carbons (Fsp3) is 0.333. The third-order valence-electron chi connectivity index (χ3n) is 2.41. The molecule has 0 amide bonds. The van der Waals surface area contributed by atoms with Crippen molar-refractivity contribution in [3.05, 3.63) is 35.8 Å². The van der Waals surface area contributed by atoms with E-state index >= 15 is 0 Å². The Labute approximate surface area is 92.9 Å². The summed E-state index contributed by atoms with van der Waals surface area (Å²) in [5.74, 6) is 0.155. The van der Waals surface area contributed by atoms with Gasteiger partial charge in [-0.2, -0.15) is 0 Å². The van der Waals surface area contributed by atoms with Gasteiger partial charge in [0, 0.05) is 11.9 Å². The van der Waals surface area contributed by atoms with Gasteiger partial charge >= 0.3 is 0 Å². The number of rotatable bonds is 4. The summed E-state index contributed by atoms with van der Waals surface area (Å²) in [5, 5.41) is 13.5. The second-order valence-electron chi connectivity index (χ2n) is 3.65. The Bertz CT molecular complexity index is 481. The maximum atomic E-state index is 12.9. The molecule has 0 bridgehead atoms. The first-order valence-corrected chi connectivity index (χ1v) is 5.28. The van der Waals surface area contributed by atoms with Gasteiger partial charge in [-0.15, -0.1) is 0 Å². The molecule has 0 saturated carbocycles. The molecular formula is C12H14FNO2. The molecule has 4 heteroatoms. The summed E-state index contributed by atoms with van der Waals surface area (Å²) >= 11 is 0. The largest absolute Gasteiger partial charge is 0.458 e. The number of nitrogens with one attached hydrogen (secondary N) is 1. The van der Waals surface area contributed by atoms with Crippen molar-refractivity contribution in [1.29, 1.82) is 0 Å².